The molecule has 0 bridgehead atoms. The number of nitrogens with one attached hydrogen (secondary N) is 2. The van der Waals surface area contributed by atoms with Crippen molar-refractivity contribution in [2.24, 2.45) is 5.92 Å². The molecule has 1 atom stereocenters. The zero-order valence-electron chi connectivity index (χ0n) is 9.48. The molecular formula is C11H13BrCl2N2O. The Balaban J connectivity index is 2.82. The van der Waals surface area contributed by atoms with E-state index in [2.05, 4.69) is 26.6 Å². The fraction of sp³-hybridized carbons (Fsp3) is 0.364. The Hall–Kier alpha value is -0.290. The maximum absolute atomic E-state index is 11.8. The fourth-order valence-corrected chi connectivity index (χ4v) is 2.10. The van der Waals surface area contributed by atoms with E-state index in [4.69, 9.17) is 23.2 Å². The maximum Gasteiger partial charge on any atom is 0.228 e. The van der Waals surface area contributed by atoms with Crippen LogP contribution in [0, 0.1) is 5.92 Å². The minimum absolute atomic E-state index is 0.0976. The van der Waals surface area contributed by atoms with Crippen molar-refractivity contribution in [3.8, 4) is 0 Å². The van der Waals surface area contributed by atoms with Gasteiger partial charge in [0.1, 0.15) is 0 Å². The number of carbonyl (C=O) groups excluding carboxylic acids is 1. The van der Waals surface area contributed by atoms with Crippen LogP contribution in [0.1, 0.15) is 6.92 Å². The second kappa shape index (κ2) is 6.59. The minimum atomic E-state index is -0.140. The quantitative estimate of drug-likeness (QED) is 0.823. The first-order valence-electron chi connectivity index (χ1n) is 5.06. The lowest BCUT2D eigenvalue weighted by Gasteiger charge is -2.13. The van der Waals surface area contributed by atoms with Crippen molar-refractivity contribution in [2.45, 2.75) is 6.92 Å². The van der Waals surface area contributed by atoms with Crippen LogP contribution >= 0.6 is 39.1 Å². The lowest BCUT2D eigenvalue weighted by molar-refractivity contribution is -0.119. The van der Waals surface area contributed by atoms with Gasteiger partial charge in [-0.1, -0.05) is 30.1 Å². The molecular weight excluding hydrogens is 327 g/mol. The van der Waals surface area contributed by atoms with Gasteiger partial charge in [0.2, 0.25) is 5.91 Å². The molecule has 1 aromatic rings. The van der Waals surface area contributed by atoms with Crippen molar-refractivity contribution in [3.63, 3.8) is 0 Å². The van der Waals surface area contributed by atoms with Gasteiger partial charge in [0.25, 0.3) is 0 Å². The van der Waals surface area contributed by atoms with E-state index in [1.54, 1.807) is 19.2 Å². The van der Waals surface area contributed by atoms with Gasteiger partial charge < -0.3 is 10.6 Å². The summed E-state index contributed by atoms with van der Waals surface area (Å²) in [6.07, 6.45) is 0. The Morgan fingerprint density at radius 2 is 2.06 bits per heavy atom. The van der Waals surface area contributed by atoms with Crippen molar-refractivity contribution in [3.05, 3.63) is 26.7 Å². The molecule has 1 unspecified atom stereocenters. The van der Waals surface area contributed by atoms with Crippen molar-refractivity contribution in [1.29, 1.82) is 0 Å². The van der Waals surface area contributed by atoms with Crippen molar-refractivity contribution in [1.82, 2.24) is 5.32 Å². The molecule has 0 saturated heterocycles. The number of halogens is 3. The van der Waals surface area contributed by atoms with Gasteiger partial charge in [-0.05, 0) is 35.1 Å². The predicted molar refractivity (Wildman–Crippen MR) is 75.9 cm³/mol. The topological polar surface area (TPSA) is 41.1 Å². The van der Waals surface area contributed by atoms with Crippen LogP contribution in [0.3, 0.4) is 0 Å². The first-order chi connectivity index (χ1) is 7.97. The molecule has 0 aliphatic rings. The highest BCUT2D eigenvalue weighted by molar-refractivity contribution is 9.10. The molecule has 0 saturated carbocycles. The standard InChI is InChI=1S/C11H13BrCl2N2O/c1-6(5-15-2)11(17)16-8-4-3-7(12)9(13)10(8)14/h3-4,6,15H,5H2,1-2H3,(H,16,17). The first kappa shape index (κ1) is 14.8. The third-order valence-electron chi connectivity index (χ3n) is 2.25. The Labute approximate surface area is 119 Å². The summed E-state index contributed by atoms with van der Waals surface area (Å²) in [6, 6.07) is 3.45. The Morgan fingerprint density at radius 3 is 2.65 bits per heavy atom. The fourth-order valence-electron chi connectivity index (χ4n) is 1.28. The van der Waals surface area contributed by atoms with E-state index in [9.17, 15) is 4.79 Å². The Kier molecular flexibility index (Phi) is 5.73. The van der Waals surface area contributed by atoms with Gasteiger partial charge in [0, 0.05) is 16.9 Å². The van der Waals surface area contributed by atoms with E-state index in [1.165, 1.54) is 0 Å². The first-order valence-corrected chi connectivity index (χ1v) is 6.61. The monoisotopic (exact) mass is 338 g/mol. The van der Waals surface area contributed by atoms with Crippen LogP contribution in [0.15, 0.2) is 16.6 Å². The summed E-state index contributed by atoms with van der Waals surface area (Å²) >= 11 is 15.3. The molecule has 0 spiro atoms. The molecule has 0 aliphatic carbocycles. The van der Waals surface area contributed by atoms with Crippen LogP contribution in [0.4, 0.5) is 5.69 Å². The molecule has 0 aliphatic heterocycles. The van der Waals surface area contributed by atoms with E-state index in [-0.39, 0.29) is 11.8 Å². The van der Waals surface area contributed by atoms with Gasteiger partial charge in [0.05, 0.1) is 15.7 Å². The number of hydrogen-bond donors (Lipinski definition) is 2. The summed E-state index contributed by atoms with van der Waals surface area (Å²) in [5, 5.41) is 6.42. The van der Waals surface area contributed by atoms with Crippen LogP contribution in [-0.4, -0.2) is 19.5 Å². The highest BCUT2D eigenvalue weighted by Crippen LogP contribution is 2.35. The number of hydrogen-bond acceptors (Lipinski definition) is 2. The van der Waals surface area contributed by atoms with Gasteiger partial charge in [-0.25, -0.2) is 0 Å². The Morgan fingerprint density at radius 1 is 1.41 bits per heavy atom. The molecule has 0 radical (unpaired) electrons. The molecule has 1 aromatic carbocycles. The third-order valence-corrected chi connectivity index (χ3v) is 4.02. The lowest BCUT2D eigenvalue weighted by Crippen LogP contribution is -2.28. The number of anilines is 1. The smallest absolute Gasteiger partial charge is 0.228 e. The SMILES string of the molecule is CNCC(C)C(=O)Nc1ccc(Br)c(Cl)c1Cl. The summed E-state index contributed by atoms with van der Waals surface area (Å²) in [5.41, 5.74) is 0.521. The third kappa shape index (κ3) is 3.85. The van der Waals surface area contributed by atoms with E-state index in [1.807, 2.05) is 6.92 Å². The molecule has 2 N–H and O–H groups in total. The molecule has 1 rings (SSSR count). The molecule has 0 heterocycles. The summed E-state index contributed by atoms with van der Waals surface area (Å²) in [6.45, 7) is 2.44. The second-order valence-corrected chi connectivity index (χ2v) is 5.28. The van der Waals surface area contributed by atoms with Gasteiger partial charge >= 0.3 is 0 Å². The van der Waals surface area contributed by atoms with Crippen molar-refractivity contribution in [2.75, 3.05) is 18.9 Å². The molecule has 17 heavy (non-hydrogen) atoms. The second-order valence-electron chi connectivity index (χ2n) is 3.67. The molecule has 1 amide bonds. The zero-order chi connectivity index (χ0) is 13.0. The number of carbonyl (C=O) groups is 1. The lowest BCUT2D eigenvalue weighted by atomic mass is 10.1. The van der Waals surface area contributed by atoms with Crippen LogP contribution in [0.25, 0.3) is 0 Å². The highest BCUT2D eigenvalue weighted by Gasteiger charge is 2.15. The highest BCUT2D eigenvalue weighted by atomic mass is 79.9. The van der Waals surface area contributed by atoms with Gasteiger partial charge in [-0.15, -0.1) is 0 Å². The average molecular weight is 340 g/mol. The van der Waals surface area contributed by atoms with Crippen molar-refractivity contribution >= 4 is 50.7 Å². The van der Waals surface area contributed by atoms with Gasteiger partial charge in [0.15, 0.2) is 0 Å². The molecule has 0 fully saturated rings. The Bertz CT molecular complexity index is 426. The van der Waals surface area contributed by atoms with E-state index in [0.717, 1.165) is 0 Å². The minimum Gasteiger partial charge on any atom is -0.324 e. The predicted octanol–water partition coefficient (Wildman–Crippen LogP) is 3.55. The summed E-state index contributed by atoms with van der Waals surface area (Å²) in [7, 11) is 1.80. The van der Waals surface area contributed by atoms with Crippen LogP contribution < -0.4 is 10.6 Å². The molecule has 6 heteroatoms. The van der Waals surface area contributed by atoms with Gasteiger partial charge in [-0.3, -0.25) is 4.79 Å². The summed E-state index contributed by atoms with van der Waals surface area (Å²) < 4.78 is 0.699. The number of benzene rings is 1. The van der Waals surface area contributed by atoms with E-state index >= 15 is 0 Å². The van der Waals surface area contributed by atoms with Gasteiger partial charge in [-0.2, -0.15) is 0 Å². The summed E-state index contributed by atoms with van der Waals surface area (Å²) in [4.78, 5) is 11.8. The van der Waals surface area contributed by atoms with Crippen LogP contribution in [-0.2, 0) is 4.79 Å². The molecule has 0 aromatic heterocycles. The largest absolute Gasteiger partial charge is 0.324 e. The molecule has 94 valence electrons. The van der Waals surface area contributed by atoms with Crippen molar-refractivity contribution < 1.29 is 4.79 Å². The number of rotatable bonds is 4. The van der Waals surface area contributed by atoms with Crippen LogP contribution in [0.2, 0.25) is 10.0 Å². The van der Waals surface area contributed by atoms with E-state index in [0.29, 0.717) is 26.8 Å². The zero-order valence-corrected chi connectivity index (χ0v) is 12.6. The average Bonchev–Trinajstić information content (AvgIpc) is 2.30. The van der Waals surface area contributed by atoms with Crippen LogP contribution in [0.5, 0.6) is 0 Å². The normalized spacial score (nSPS) is 12.3. The summed E-state index contributed by atoms with van der Waals surface area (Å²) in [5.74, 6) is -0.238. The number of amides is 1. The molecule has 3 nitrogen and oxygen atoms in total. The maximum atomic E-state index is 11.8. The van der Waals surface area contributed by atoms with E-state index < -0.39 is 0 Å².